The third-order valence-electron chi connectivity index (χ3n) is 4.12. The lowest BCUT2D eigenvalue weighted by Crippen LogP contribution is -2.47. The van der Waals surface area contributed by atoms with Crippen LogP contribution >= 0.6 is 11.3 Å². The molecule has 5 nitrogen and oxygen atoms in total. The van der Waals surface area contributed by atoms with Crippen molar-refractivity contribution in [2.24, 2.45) is 10.7 Å². The van der Waals surface area contributed by atoms with E-state index in [1.807, 2.05) is 24.4 Å². The lowest BCUT2D eigenvalue weighted by Gasteiger charge is -2.32. The molecule has 2 aromatic rings. The first-order chi connectivity index (χ1) is 11.3. The predicted octanol–water partition coefficient (Wildman–Crippen LogP) is 2.82. The molecule has 0 spiro atoms. The van der Waals surface area contributed by atoms with Crippen LogP contribution in [0.4, 0.5) is 4.39 Å². The van der Waals surface area contributed by atoms with E-state index in [0.29, 0.717) is 0 Å². The smallest absolute Gasteiger partial charge is 0.231 e. The number of nitrogens with two attached hydrogens (primary N) is 1. The van der Waals surface area contributed by atoms with Gasteiger partial charge in [0, 0.05) is 11.9 Å². The summed E-state index contributed by atoms with van der Waals surface area (Å²) in [5, 5.41) is 10.9. The number of thiophene rings is 1. The highest BCUT2D eigenvalue weighted by Gasteiger charge is 2.37. The molecule has 0 radical (unpaired) electrons. The van der Waals surface area contributed by atoms with Crippen LogP contribution in [0, 0.1) is 17.1 Å². The molecule has 1 amide bonds. The average Bonchev–Trinajstić information content (AvgIpc) is 3.04. The van der Waals surface area contributed by atoms with Gasteiger partial charge in [-0.2, -0.15) is 5.26 Å². The summed E-state index contributed by atoms with van der Waals surface area (Å²) < 4.78 is 13.5. The molecule has 24 heavy (non-hydrogen) atoms. The zero-order chi connectivity index (χ0) is 17.5. The highest BCUT2D eigenvalue weighted by molar-refractivity contribution is 7.10. The molecule has 0 fully saturated rings. The molecule has 0 bridgehead atoms. The van der Waals surface area contributed by atoms with Gasteiger partial charge in [0.25, 0.3) is 0 Å². The topological polar surface area (TPSA) is 82.5 Å². The van der Waals surface area contributed by atoms with E-state index in [2.05, 4.69) is 4.99 Å². The first-order valence-corrected chi connectivity index (χ1v) is 8.13. The van der Waals surface area contributed by atoms with Crippen molar-refractivity contribution in [2.45, 2.75) is 18.9 Å². The number of hydrogen-bond acceptors (Lipinski definition) is 5. The molecular formula is C17H15FN4OS. The summed E-state index contributed by atoms with van der Waals surface area (Å²) in [6.45, 7) is 1.87. The number of nitriles is 1. The first-order valence-electron chi connectivity index (χ1n) is 7.25. The Morgan fingerprint density at radius 3 is 2.83 bits per heavy atom. The summed E-state index contributed by atoms with van der Waals surface area (Å²) in [5.74, 6) is -0.437. The fourth-order valence-electron chi connectivity index (χ4n) is 2.61. The molecule has 122 valence electrons. The molecule has 7 heteroatoms. The van der Waals surface area contributed by atoms with Gasteiger partial charge in [0.1, 0.15) is 17.4 Å². The maximum Gasteiger partial charge on any atom is 0.231 e. The van der Waals surface area contributed by atoms with E-state index in [9.17, 15) is 9.18 Å². The second-order valence-electron chi connectivity index (χ2n) is 5.88. The zero-order valence-electron chi connectivity index (χ0n) is 13.2. The number of carbonyl (C=O) groups excluding carboxylic acids is 1. The van der Waals surface area contributed by atoms with E-state index >= 15 is 0 Å². The van der Waals surface area contributed by atoms with Gasteiger partial charge in [-0.05, 0) is 41.6 Å². The minimum atomic E-state index is -0.714. The Morgan fingerprint density at radius 2 is 2.17 bits per heavy atom. The molecule has 2 N–H and O–H groups in total. The van der Waals surface area contributed by atoms with Crippen molar-refractivity contribution < 1.29 is 9.18 Å². The summed E-state index contributed by atoms with van der Waals surface area (Å²) in [6, 6.07) is 8.17. The highest BCUT2D eigenvalue weighted by Crippen LogP contribution is 2.39. The quantitative estimate of drug-likeness (QED) is 0.911. The highest BCUT2D eigenvalue weighted by atomic mass is 32.1. The molecule has 0 aliphatic carbocycles. The number of guanidine groups is 1. The van der Waals surface area contributed by atoms with E-state index in [1.165, 1.54) is 28.4 Å². The Balaban J connectivity index is 2.00. The predicted molar refractivity (Wildman–Crippen MR) is 90.8 cm³/mol. The number of amides is 1. The zero-order valence-corrected chi connectivity index (χ0v) is 14.0. The maximum absolute atomic E-state index is 13.5. The van der Waals surface area contributed by atoms with E-state index in [4.69, 9.17) is 11.0 Å². The normalized spacial score (nSPS) is 20.7. The van der Waals surface area contributed by atoms with Gasteiger partial charge < -0.3 is 5.73 Å². The Kier molecular flexibility index (Phi) is 3.85. The molecular weight excluding hydrogens is 327 g/mol. The van der Waals surface area contributed by atoms with Gasteiger partial charge in [-0.1, -0.05) is 6.07 Å². The lowest BCUT2D eigenvalue weighted by molar-refractivity contribution is -0.128. The summed E-state index contributed by atoms with van der Waals surface area (Å²) in [4.78, 5) is 18.8. The maximum atomic E-state index is 13.5. The molecule has 0 unspecified atom stereocenters. The van der Waals surface area contributed by atoms with Crippen molar-refractivity contribution in [1.29, 1.82) is 5.26 Å². The van der Waals surface area contributed by atoms with Crippen molar-refractivity contribution in [3.8, 4) is 17.2 Å². The molecule has 0 saturated carbocycles. The van der Waals surface area contributed by atoms with Crippen molar-refractivity contribution >= 4 is 23.2 Å². The molecule has 1 aliphatic heterocycles. The Morgan fingerprint density at radius 1 is 1.42 bits per heavy atom. The largest absolute Gasteiger partial charge is 0.369 e. The summed E-state index contributed by atoms with van der Waals surface area (Å²) in [7, 11) is 1.60. The Labute approximate surface area is 142 Å². The van der Waals surface area contributed by atoms with Crippen LogP contribution in [-0.4, -0.2) is 23.8 Å². The number of halogens is 1. The van der Waals surface area contributed by atoms with Crippen molar-refractivity contribution in [1.82, 2.24) is 4.90 Å². The second kappa shape index (κ2) is 5.73. The van der Waals surface area contributed by atoms with Gasteiger partial charge in [0.15, 0.2) is 5.96 Å². The van der Waals surface area contributed by atoms with E-state index in [0.717, 1.165) is 16.0 Å². The van der Waals surface area contributed by atoms with Crippen LogP contribution in [0.3, 0.4) is 0 Å². The van der Waals surface area contributed by atoms with Crippen LogP contribution in [0.5, 0.6) is 0 Å². The summed E-state index contributed by atoms with van der Waals surface area (Å²) in [6.07, 6.45) is 0.233. The summed E-state index contributed by atoms with van der Waals surface area (Å²) >= 11 is 1.46. The van der Waals surface area contributed by atoms with Gasteiger partial charge in [0.05, 0.1) is 12.0 Å². The molecule has 1 aromatic carbocycles. The van der Waals surface area contributed by atoms with Crippen LogP contribution in [-0.2, 0) is 10.3 Å². The van der Waals surface area contributed by atoms with Crippen LogP contribution in [0.1, 0.15) is 23.8 Å². The summed E-state index contributed by atoms with van der Waals surface area (Å²) in [5.41, 5.74) is 6.73. The second-order valence-corrected chi connectivity index (χ2v) is 6.79. The third-order valence-corrected chi connectivity index (χ3v) is 5.31. The van der Waals surface area contributed by atoms with Gasteiger partial charge in [-0.25, -0.2) is 9.38 Å². The van der Waals surface area contributed by atoms with Crippen LogP contribution in [0.15, 0.2) is 34.6 Å². The third kappa shape index (κ3) is 2.65. The molecule has 2 heterocycles. The van der Waals surface area contributed by atoms with Gasteiger partial charge in [-0.3, -0.25) is 9.69 Å². The lowest BCUT2D eigenvalue weighted by atomic mass is 9.93. The minimum Gasteiger partial charge on any atom is -0.369 e. The molecule has 0 saturated heterocycles. The number of carbonyl (C=O) groups is 1. The number of rotatable bonds is 2. The fourth-order valence-corrected chi connectivity index (χ4v) is 3.64. The van der Waals surface area contributed by atoms with Crippen LogP contribution < -0.4 is 5.73 Å². The average molecular weight is 342 g/mol. The minimum absolute atomic E-state index is 0.00296. The monoisotopic (exact) mass is 342 g/mol. The number of nitrogens with zero attached hydrogens (tertiary/aromatic N) is 3. The van der Waals surface area contributed by atoms with Crippen LogP contribution in [0.2, 0.25) is 0 Å². The van der Waals surface area contributed by atoms with Crippen molar-refractivity contribution in [3.63, 3.8) is 0 Å². The van der Waals surface area contributed by atoms with Gasteiger partial charge >= 0.3 is 0 Å². The Bertz CT molecular complexity index is 898. The molecule has 1 aliphatic rings. The van der Waals surface area contributed by atoms with Crippen molar-refractivity contribution in [2.75, 3.05) is 7.05 Å². The van der Waals surface area contributed by atoms with Gasteiger partial charge in [0.2, 0.25) is 5.91 Å². The SMILES string of the molecule is CN1C(=O)C[C@@](C)(c2cc(-c3ccc(F)c(C#N)c3)cs2)N=C1N. The van der Waals surface area contributed by atoms with E-state index < -0.39 is 11.4 Å². The van der Waals surface area contributed by atoms with Crippen LogP contribution in [0.25, 0.3) is 11.1 Å². The van der Waals surface area contributed by atoms with Crippen molar-refractivity contribution in [3.05, 3.63) is 45.9 Å². The van der Waals surface area contributed by atoms with E-state index in [1.54, 1.807) is 13.1 Å². The number of hydrogen-bond donors (Lipinski definition) is 1. The van der Waals surface area contributed by atoms with E-state index in [-0.39, 0.29) is 23.9 Å². The molecule has 3 rings (SSSR count). The molecule has 1 atom stereocenters. The van der Waals surface area contributed by atoms with Gasteiger partial charge in [-0.15, -0.1) is 11.3 Å². The number of aliphatic imine (C=N–C) groups is 1. The Hall–Kier alpha value is -2.72. The first kappa shape index (κ1) is 16.1. The fraction of sp³-hybridized carbons (Fsp3) is 0.235. The molecule has 1 aromatic heterocycles. The number of benzene rings is 1. The standard InChI is InChI=1S/C17H15FN4OS/c1-17(7-15(23)22(2)16(20)21-17)14-6-12(9-24-14)10-3-4-13(18)11(5-10)8-19/h3-6,9H,7H2,1-2H3,(H2,20,21)/t17-/m0/s1.